The fraction of sp³-hybridized carbons (Fsp3) is 0.438. The summed E-state index contributed by atoms with van der Waals surface area (Å²) in [5.74, 6) is 1.06. The third-order valence-electron chi connectivity index (χ3n) is 4.16. The molecule has 1 saturated heterocycles. The molecule has 1 aromatic heterocycles. The van der Waals surface area contributed by atoms with Crippen LogP contribution in [0.4, 0.5) is 0 Å². The van der Waals surface area contributed by atoms with Crippen molar-refractivity contribution in [1.29, 1.82) is 0 Å². The Balaban J connectivity index is 1.58. The molecule has 1 fully saturated rings. The van der Waals surface area contributed by atoms with Gasteiger partial charge in [0.2, 0.25) is 17.0 Å². The summed E-state index contributed by atoms with van der Waals surface area (Å²) in [7, 11) is 1.61. The predicted octanol–water partition coefficient (Wildman–Crippen LogP) is 0.454. The molecular weight excluding hydrogens is 356 g/mol. The van der Waals surface area contributed by atoms with E-state index in [1.54, 1.807) is 28.5 Å². The molecule has 1 aromatic carbocycles. The average Bonchev–Trinajstić information content (AvgIpc) is 3.14. The molecule has 0 saturated carbocycles. The molecule has 0 spiro atoms. The third kappa shape index (κ3) is 4.13. The van der Waals surface area contributed by atoms with E-state index in [-0.39, 0.29) is 17.6 Å². The molecule has 2 amide bonds. The lowest BCUT2D eigenvalue weighted by Gasteiger charge is -2.34. The second kappa shape index (κ2) is 8.17. The summed E-state index contributed by atoms with van der Waals surface area (Å²) in [6, 6.07) is 7.35. The summed E-state index contributed by atoms with van der Waals surface area (Å²) in [5, 5.41) is 12.2. The van der Waals surface area contributed by atoms with Crippen molar-refractivity contribution in [3.8, 4) is 11.4 Å². The van der Waals surface area contributed by atoms with E-state index in [4.69, 9.17) is 4.74 Å². The Morgan fingerprint density at radius 2 is 1.77 bits per heavy atom. The summed E-state index contributed by atoms with van der Waals surface area (Å²) < 4.78 is 6.73. The first-order chi connectivity index (χ1) is 12.6. The normalized spacial score (nSPS) is 14.4. The minimum atomic E-state index is 0.0162. The minimum absolute atomic E-state index is 0.0162. The molecule has 0 radical (unpaired) electrons. The van der Waals surface area contributed by atoms with Crippen molar-refractivity contribution in [1.82, 2.24) is 30.0 Å². The maximum absolute atomic E-state index is 12.4. The van der Waals surface area contributed by atoms with E-state index in [1.807, 2.05) is 24.3 Å². The number of nitrogens with zero attached hydrogens (tertiary/aromatic N) is 6. The van der Waals surface area contributed by atoms with Gasteiger partial charge in [-0.05, 0) is 34.7 Å². The summed E-state index contributed by atoms with van der Waals surface area (Å²) in [5.41, 5.74) is 0.792. The van der Waals surface area contributed by atoms with Gasteiger partial charge in [0, 0.05) is 33.1 Å². The molecule has 9 nitrogen and oxygen atoms in total. The Labute approximate surface area is 155 Å². The summed E-state index contributed by atoms with van der Waals surface area (Å²) in [6.45, 7) is 3.82. The first kappa shape index (κ1) is 18.2. The summed E-state index contributed by atoms with van der Waals surface area (Å²) >= 11 is 1.29. The fourth-order valence-corrected chi connectivity index (χ4v) is 3.44. The highest BCUT2D eigenvalue weighted by Crippen LogP contribution is 2.20. The number of rotatable bonds is 5. The van der Waals surface area contributed by atoms with E-state index in [2.05, 4.69) is 15.5 Å². The van der Waals surface area contributed by atoms with Gasteiger partial charge in [-0.15, -0.1) is 5.10 Å². The van der Waals surface area contributed by atoms with Crippen molar-refractivity contribution in [2.24, 2.45) is 0 Å². The molecule has 3 rings (SSSR count). The first-order valence-corrected chi connectivity index (χ1v) is 9.16. The molecule has 1 aliphatic rings. The van der Waals surface area contributed by atoms with E-state index in [0.29, 0.717) is 31.3 Å². The van der Waals surface area contributed by atoms with Crippen LogP contribution in [0.25, 0.3) is 5.69 Å². The molecular formula is C16H20N6O3S. The highest BCUT2D eigenvalue weighted by Gasteiger charge is 2.23. The topological polar surface area (TPSA) is 93.4 Å². The Bertz CT molecular complexity index is 771. The number of piperazine rings is 1. The number of aromatic nitrogens is 4. The molecule has 2 heterocycles. The minimum Gasteiger partial charge on any atom is -0.497 e. The zero-order valence-electron chi connectivity index (χ0n) is 14.7. The van der Waals surface area contributed by atoms with E-state index < -0.39 is 0 Å². The van der Waals surface area contributed by atoms with Gasteiger partial charge in [0.1, 0.15) is 5.75 Å². The van der Waals surface area contributed by atoms with Gasteiger partial charge < -0.3 is 14.5 Å². The molecule has 2 aromatic rings. The molecule has 10 heteroatoms. The van der Waals surface area contributed by atoms with Crippen LogP contribution in [-0.4, -0.2) is 80.9 Å². The van der Waals surface area contributed by atoms with Crippen LogP contribution >= 0.6 is 11.8 Å². The van der Waals surface area contributed by atoms with Gasteiger partial charge in [-0.25, -0.2) is 0 Å². The number of thioether (sulfide) groups is 1. The number of tetrazole rings is 1. The van der Waals surface area contributed by atoms with Crippen LogP contribution in [-0.2, 0) is 9.59 Å². The average molecular weight is 376 g/mol. The van der Waals surface area contributed by atoms with Gasteiger partial charge >= 0.3 is 0 Å². The van der Waals surface area contributed by atoms with Crippen molar-refractivity contribution in [3.05, 3.63) is 24.3 Å². The lowest BCUT2D eigenvalue weighted by molar-refractivity contribution is -0.136. The summed E-state index contributed by atoms with van der Waals surface area (Å²) in [6.07, 6.45) is 0. The van der Waals surface area contributed by atoms with Crippen LogP contribution in [0.2, 0.25) is 0 Å². The van der Waals surface area contributed by atoms with Crippen LogP contribution in [0.3, 0.4) is 0 Å². The Kier molecular flexibility index (Phi) is 5.71. The van der Waals surface area contributed by atoms with Gasteiger partial charge in [-0.2, -0.15) is 4.68 Å². The van der Waals surface area contributed by atoms with Crippen LogP contribution in [0, 0.1) is 0 Å². The first-order valence-electron chi connectivity index (χ1n) is 8.17. The summed E-state index contributed by atoms with van der Waals surface area (Å²) in [4.78, 5) is 27.3. The molecule has 26 heavy (non-hydrogen) atoms. The quantitative estimate of drug-likeness (QED) is 0.700. The maximum Gasteiger partial charge on any atom is 0.233 e. The van der Waals surface area contributed by atoms with Crippen molar-refractivity contribution in [2.45, 2.75) is 12.1 Å². The lowest BCUT2D eigenvalue weighted by atomic mass is 10.3. The van der Waals surface area contributed by atoms with Gasteiger partial charge in [0.25, 0.3) is 0 Å². The van der Waals surface area contributed by atoms with Crippen molar-refractivity contribution in [2.75, 3.05) is 39.0 Å². The third-order valence-corrected chi connectivity index (χ3v) is 5.06. The van der Waals surface area contributed by atoms with Crippen molar-refractivity contribution >= 4 is 23.6 Å². The van der Waals surface area contributed by atoms with Gasteiger partial charge in [0.05, 0.1) is 18.6 Å². The molecule has 0 unspecified atom stereocenters. The number of hydrogen-bond donors (Lipinski definition) is 0. The second-order valence-electron chi connectivity index (χ2n) is 5.75. The Hall–Kier alpha value is -2.62. The van der Waals surface area contributed by atoms with Gasteiger partial charge in [-0.3, -0.25) is 9.59 Å². The molecule has 0 bridgehead atoms. The SMILES string of the molecule is COc1ccc(-n2nnnc2SCC(=O)N2CCN(C(C)=O)CC2)cc1. The number of benzene rings is 1. The van der Waals surface area contributed by atoms with Crippen molar-refractivity contribution in [3.63, 3.8) is 0 Å². The number of carbonyl (C=O) groups is 2. The van der Waals surface area contributed by atoms with Crippen LogP contribution in [0.15, 0.2) is 29.4 Å². The molecule has 1 aliphatic heterocycles. The zero-order chi connectivity index (χ0) is 18.5. The Morgan fingerprint density at radius 1 is 1.12 bits per heavy atom. The van der Waals surface area contributed by atoms with E-state index >= 15 is 0 Å². The highest BCUT2D eigenvalue weighted by atomic mass is 32.2. The molecule has 138 valence electrons. The zero-order valence-corrected chi connectivity index (χ0v) is 15.5. The van der Waals surface area contributed by atoms with Crippen LogP contribution in [0.1, 0.15) is 6.92 Å². The number of amides is 2. The smallest absolute Gasteiger partial charge is 0.233 e. The van der Waals surface area contributed by atoms with E-state index in [9.17, 15) is 9.59 Å². The maximum atomic E-state index is 12.4. The molecule has 0 N–H and O–H groups in total. The predicted molar refractivity (Wildman–Crippen MR) is 95.3 cm³/mol. The van der Waals surface area contributed by atoms with Gasteiger partial charge in [-0.1, -0.05) is 11.8 Å². The highest BCUT2D eigenvalue weighted by molar-refractivity contribution is 7.99. The van der Waals surface area contributed by atoms with Crippen LogP contribution < -0.4 is 4.74 Å². The Morgan fingerprint density at radius 3 is 2.38 bits per heavy atom. The molecule has 0 aliphatic carbocycles. The van der Waals surface area contributed by atoms with E-state index in [1.165, 1.54) is 11.8 Å². The van der Waals surface area contributed by atoms with Crippen molar-refractivity contribution < 1.29 is 14.3 Å². The number of methoxy groups -OCH3 is 1. The number of ether oxygens (including phenoxy) is 1. The monoisotopic (exact) mass is 376 g/mol. The fourth-order valence-electron chi connectivity index (χ4n) is 2.64. The van der Waals surface area contributed by atoms with Crippen LogP contribution in [0.5, 0.6) is 5.75 Å². The lowest BCUT2D eigenvalue weighted by Crippen LogP contribution is -2.50. The largest absolute Gasteiger partial charge is 0.497 e. The second-order valence-corrected chi connectivity index (χ2v) is 6.69. The number of carbonyl (C=O) groups excluding carboxylic acids is 2. The van der Waals surface area contributed by atoms with Gasteiger partial charge in [0.15, 0.2) is 0 Å². The number of hydrogen-bond acceptors (Lipinski definition) is 7. The standard InChI is InChI=1S/C16H20N6O3S/c1-12(23)20-7-9-21(10-8-20)15(24)11-26-16-17-18-19-22(16)13-3-5-14(25-2)6-4-13/h3-6H,7-11H2,1-2H3. The molecule has 0 atom stereocenters. The van der Waals surface area contributed by atoms with E-state index in [0.717, 1.165) is 11.4 Å².